The van der Waals surface area contributed by atoms with Crippen LogP contribution in [0.2, 0.25) is 0 Å². The molecule has 7 nitrogen and oxygen atoms in total. The number of hydrogen-bond donors (Lipinski definition) is 3. The number of nitrogens with one attached hydrogen (secondary N) is 2. The fourth-order valence-corrected chi connectivity index (χ4v) is 2.95. The highest BCUT2D eigenvalue weighted by molar-refractivity contribution is 5.98. The van der Waals surface area contributed by atoms with Crippen molar-refractivity contribution in [2.75, 3.05) is 25.0 Å². The first-order chi connectivity index (χ1) is 11.9. The average Bonchev–Trinajstić information content (AvgIpc) is 2.61. The standard InChI is InChI=1S/C18H26N4O3/c1-12-9-14(18(25)22-8-4-3-5-13(22)2)6-7-15(12)21-17(24)11-20-16(23)10-19/h6-7,9,13H,3-5,8,10-11,19H2,1-2H3,(H,20,23)(H,21,24). The lowest BCUT2D eigenvalue weighted by Gasteiger charge is -2.33. The van der Waals surface area contributed by atoms with E-state index in [1.807, 2.05) is 11.8 Å². The zero-order chi connectivity index (χ0) is 18.4. The molecule has 3 amide bonds. The van der Waals surface area contributed by atoms with Crippen molar-refractivity contribution in [1.29, 1.82) is 0 Å². The van der Waals surface area contributed by atoms with E-state index in [0.29, 0.717) is 11.3 Å². The fraction of sp³-hybridized carbons (Fsp3) is 0.500. The Balaban J connectivity index is 2.01. The topological polar surface area (TPSA) is 105 Å². The zero-order valence-electron chi connectivity index (χ0n) is 14.8. The summed E-state index contributed by atoms with van der Waals surface area (Å²) >= 11 is 0. The number of likely N-dealkylation sites (tertiary alicyclic amines) is 1. The quantitative estimate of drug-likeness (QED) is 0.740. The second kappa shape index (κ2) is 8.62. The molecule has 0 saturated carbocycles. The molecule has 1 heterocycles. The van der Waals surface area contributed by atoms with E-state index in [-0.39, 0.29) is 36.9 Å². The Hall–Kier alpha value is -2.41. The summed E-state index contributed by atoms with van der Waals surface area (Å²) in [6, 6.07) is 5.49. The van der Waals surface area contributed by atoms with E-state index in [9.17, 15) is 14.4 Å². The molecule has 1 aliphatic heterocycles. The summed E-state index contributed by atoms with van der Waals surface area (Å²) in [5.74, 6) is -0.694. The van der Waals surface area contributed by atoms with Gasteiger partial charge in [-0.25, -0.2) is 0 Å². The molecule has 0 spiro atoms. The molecule has 0 aromatic heterocycles. The first-order valence-corrected chi connectivity index (χ1v) is 8.60. The summed E-state index contributed by atoms with van der Waals surface area (Å²) < 4.78 is 0. The van der Waals surface area contributed by atoms with Crippen molar-refractivity contribution in [2.45, 2.75) is 39.2 Å². The molecule has 0 radical (unpaired) electrons. The van der Waals surface area contributed by atoms with Crippen LogP contribution in [0.5, 0.6) is 0 Å². The van der Waals surface area contributed by atoms with Crippen molar-refractivity contribution < 1.29 is 14.4 Å². The number of nitrogens with zero attached hydrogens (tertiary/aromatic N) is 1. The molecule has 136 valence electrons. The largest absolute Gasteiger partial charge is 0.346 e. The Morgan fingerprint density at radius 3 is 2.64 bits per heavy atom. The van der Waals surface area contributed by atoms with Gasteiger partial charge in [0.1, 0.15) is 0 Å². The van der Waals surface area contributed by atoms with E-state index < -0.39 is 0 Å². The van der Waals surface area contributed by atoms with Gasteiger partial charge < -0.3 is 21.3 Å². The van der Waals surface area contributed by atoms with Gasteiger partial charge in [0.25, 0.3) is 5.91 Å². The minimum absolute atomic E-state index is 0.0309. The molecular weight excluding hydrogens is 320 g/mol. The second-order valence-corrected chi connectivity index (χ2v) is 6.40. The highest BCUT2D eigenvalue weighted by atomic mass is 16.2. The van der Waals surface area contributed by atoms with Gasteiger partial charge in [-0.15, -0.1) is 0 Å². The number of hydrogen-bond acceptors (Lipinski definition) is 4. The lowest BCUT2D eigenvalue weighted by Crippen LogP contribution is -2.42. The van der Waals surface area contributed by atoms with Crippen LogP contribution in [0.15, 0.2) is 18.2 Å². The lowest BCUT2D eigenvalue weighted by molar-refractivity contribution is -0.123. The number of carbonyl (C=O) groups excluding carboxylic acids is 3. The maximum atomic E-state index is 12.7. The van der Waals surface area contributed by atoms with E-state index in [1.165, 1.54) is 0 Å². The Kier molecular flexibility index (Phi) is 6.52. The van der Waals surface area contributed by atoms with Gasteiger partial charge in [-0.3, -0.25) is 14.4 Å². The fourth-order valence-electron chi connectivity index (χ4n) is 2.95. The third kappa shape index (κ3) is 5.03. The van der Waals surface area contributed by atoms with Crippen LogP contribution < -0.4 is 16.4 Å². The molecule has 1 aliphatic rings. The summed E-state index contributed by atoms with van der Waals surface area (Å²) in [6.07, 6.45) is 3.24. The van der Waals surface area contributed by atoms with Gasteiger partial charge in [-0.05, 0) is 56.9 Å². The van der Waals surface area contributed by atoms with Crippen molar-refractivity contribution >= 4 is 23.4 Å². The number of nitrogens with two attached hydrogens (primary N) is 1. The van der Waals surface area contributed by atoms with Gasteiger partial charge >= 0.3 is 0 Å². The molecule has 1 aromatic rings. The van der Waals surface area contributed by atoms with Gasteiger partial charge in [0.05, 0.1) is 13.1 Å². The second-order valence-electron chi connectivity index (χ2n) is 6.40. The molecule has 0 aliphatic carbocycles. The number of anilines is 1. The summed E-state index contributed by atoms with van der Waals surface area (Å²) in [4.78, 5) is 37.5. The third-order valence-electron chi connectivity index (χ3n) is 4.44. The molecule has 1 saturated heterocycles. The Bertz CT molecular complexity index is 660. The van der Waals surface area contributed by atoms with Gasteiger partial charge in [0.2, 0.25) is 11.8 Å². The van der Waals surface area contributed by atoms with Crippen molar-refractivity contribution in [3.63, 3.8) is 0 Å². The normalized spacial score (nSPS) is 17.1. The van der Waals surface area contributed by atoms with Crippen molar-refractivity contribution in [2.24, 2.45) is 5.73 Å². The monoisotopic (exact) mass is 346 g/mol. The molecule has 2 rings (SSSR count). The summed E-state index contributed by atoms with van der Waals surface area (Å²) in [6.45, 7) is 4.41. The number of carbonyl (C=O) groups is 3. The Morgan fingerprint density at radius 2 is 2.00 bits per heavy atom. The molecule has 1 aromatic carbocycles. The summed E-state index contributed by atoms with van der Waals surface area (Å²) in [7, 11) is 0. The van der Waals surface area contributed by atoms with Gasteiger partial charge in [0, 0.05) is 23.8 Å². The maximum Gasteiger partial charge on any atom is 0.254 e. The number of rotatable bonds is 5. The van der Waals surface area contributed by atoms with Crippen molar-refractivity contribution in [3.05, 3.63) is 29.3 Å². The molecule has 7 heteroatoms. The Labute approximate surface area is 147 Å². The van der Waals surface area contributed by atoms with E-state index in [1.54, 1.807) is 18.2 Å². The van der Waals surface area contributed by atoms with Gasteiger partial charge in [-0.1, -0.05) is 0 Å². The number of piperidine rings is 1. The first kappa shape index (κ1) is 18.9. The molecule has 1 unspecified atom stereocenters. The van der Waals surface area contributed by atoms with Gasteiger partial charge in [-0.2, -0.15) is 0 Å². The number of benzene rings is 1. The van der Waals surface area contributed by atoms with E-state index >= 15 is 0 Å². The van der Waals surface area contributed by atoms with Crippen molar-refractivity contribution in [3.8, 4) is 0 Å². The molecule has 1 atom stereocenters. The van der Waals surface area contributed by atoms with Crippen LogP contribution in [-0.4, -0.2) is 48.3 Å². The predicted octanol–water partition coefficient (Wildman–Crippen LogP) is 1.02. The van der Waals surface area contributed by atoms with Crippen LogP contribution in [0.1, 0.15) is 42.1 Å². The smallest absolute Gasteiger partial charge is 0.254 e. The lowest BCUT2D eigenvalue weighted by atomic mass is 10.0. The molecule has 25 heavy (non-hydrogen) atoms. The molecule has 4 N–H and O–H groups in total. The van der Waals surface area contributed by atoms with Crippen LogP contribution in [-0.2, 0) is 9.59 Å². The molecule has 1 fully saturated rings. The SMILES string of the molecule is Cc1cc(C(=O)N2CCCCC2C)ccc1NC(=O)CNC(=O)CN. The van der Waals surface area contributed by atoms with Crippen LogP contribution in [0, 0.1) is 6.92 Å². The van der Waals surface area contributed by atoms with E-state index in [4.69, 9.17) is 5.73 Å². The van der Waals surface area contributed by atoms with Gasteiger partial charge in [0.15, 0.2) is 0 Å². The average molecular weight is 346 g/mol. The molecule has 0 bridgehead atoms. The highest BCUT2D eigenvalue weighted by Crippen LogP contribution is 2.22. The maximum absolute atomic E-state index is 12.7. The minimum Gasteiger partial charge on any atom is -0.346 e. The molecular formula is C18H26N4O3. The minimum atomic E-state index is -0.386. The number of aryl methyl sites for hydroxylation is 1. The predicted molar refractivity (Wildman–Crippen MR) is 96.2 cm³/mol. The first-order valence-electron chi connectivity index (χ1n) is 8.60. The van der Waals surface area contributed by atoms with Crippen LogP contribution in [0.25, 0.3) is 0 Å². The highest BCUT2D eigenvalue weighted by Gasteiger charge is 2.24. The van der Waals surface area contributed by atoms with Crippen LogP contribution >= 0.6 is 0 Å². The Morgan fingerprint density at radius 1 is 1.24 bits per heavy atom. The summed E-state index contributed by atoms with van der Waals surface area (Å²) in [5.41, 5.74) is 7.22. The summed E-state index contributed by atoms with van der Waals surface area (Å²) in [5, 5.41) is 5.14. The third-order valence-corrected chi connectivity index (χ3v) is 4.44. The van der Waals surface area contributed by atoms with Crippen LogP contribution in [0.3, 0.4) is 0 Å². The van der Waals surface area contributed by atoms with E-state index in [2.05, 4.69) is 17.6 Å². The van der Waals surface area contributed by atoms with E-state index in [0.717, 1.165) is 31.4 Å². The zero-order valence-corrected chi connectivity index (χ0v) is 14.8. The van der Waals surface area contributed by atoms with Crippen molar-refractivity contribution in [1.82, 2.24) is 10.2 Å². The van der Waals surface area contributed by atoms with Crippen LogP contribution in [0.4, 0.5) is 5.69 Å². The number of amides is 3.